The van der Waals surface area contributed by atoms with Crippen LogP contribution in [0.4, 0.5) is 0 Å². The largest absolute Gasteiger partial charge is 0.328 e. The van der Waals surface area contributed by atoms with Gasteiger partial charge in [0.2, 0.25) is 0 Å². The predicted octanol–water partition coefficient (Wildman–Crippen LogP) is 3.10. The molecule has 22 heavy (non-hydrogen) atoms. The molecule has 3 rings (SSSR count). The van der Waals surface area contributed by atoms with Gasteiger partial charge in [-0.25, -0.2) is 9.97 Å². The van der Waals surface area contributed by atoms with E-state index in [0.717, 1.165) is 43.3 Å². The first-order valence-electron chi connectivity index (χ1n) is 7.72. The van der Waals surface area contributed by atoms with E-state index in [-0.39, 0.29) is 0 Å². The lowest BCUT2D eigenvalue weighted by atomic mass is 10.1. The van der Waals surface area contributed by atoms with Gasteiger partial charge in [-0.2, -0.15) is 0 Å². The smallest absolute Gasteiger partial charge is 0.176 e. The molecular weight excluding hydrogens is 274 g/mol. The summed E-state index contributed by atoms with van der Waals surface area (Å²) in [5.74, 6) is 1.86. The highest BCUT2D eigenvalue weighted by Crippen LogP contribution is 2.17. The number of aryl methyl sites for hydroxylation is 4. The molecule has 0 aliphatic heterocycles. The van der Waals surface area contributed by atoms with Crippen LogP contribution in [0.15, 0.2) is 43.1 Å². The first kappa shape index (κ1) is 14.5. The van der Waals surface area contributed by atoms with Gasteiger partial charge in [0.15, 0.2) is 11.6 Å². The van der Waals surface area contributed by atoms with E-state index in [0.29, 0.717) is 0 Å². The van der Waals surface area contributed by atoms with E-state index < -0.39 is 0 Å². The van der Waals surface area contributed by atoms with Crippen molar-refractivity contribution >= 4 is 0 Å². The van der Waals surface area contributed by atoms with Crippen molar-refractivity contribution in [3.8, 4) is 11.6 Å². The molecule has 5 nitrogen and oxygen atoms in total. The molecule has 0 aromatic carbocycles. The van der Waals surface area contributed by atoms with Gasteiger partial charge < -0.3 is 9.13 Å². The normalized spacial score (nSPS) is 11.0. The Balaban J connectivity index is 1.80. The summed E-state index contributed by atoms with van der Waals surface area (Å²) in [4.78, 5) is 13.4. The zero-order valence-electron chi connectivity index (χ0n) is 13.1. The Morgan fingerprint density at radius 3 is 2.23 bits per heavy atom. The van der Waals surface area contributed by atoms with Crippen LogP contribution in [0.1, 0.15) is 24.6 Å². The molecule has 0 N–H and O–H groups in total. The standard InChI is InChI=1S/C17H21N5/c1-3-10-21-12-8-19-16(21)17-20-9-13-22(17)11-6-15-14(2)5-4-7-18-15/h4-5,7-9,12-13H,3,6,10-11H2,1-2H3. The molecule has 3 aromatic heterocycles. The Bertz CT molecular complexity index is 741. The highest BCUT2D eigenvalue weighted by Gasteiger charge is 2.12. The average Bonchev–Trinajstić information content (AvgIpc) is 3.15. The molecule has 0 unspecified atom stereocenters. The number of rotatable bonds is 6. The second-order valence-corrected chi connectivity index (χ2v) is 5.41. The summed E-state index contributed by atoms with van der Waals surface area (Å²) in [6, 6.07) is 4.08. The van der Waals surface area contributed by atoms with Crippen LogP contribution in [-0.2, 0) is 19.5 Å². The first-order valence-corrected chi connectivity index (χ1v) is 7.72. The molecule has 3 heterocycles. The van der Waals surface area contributed by atoms with Crippen molar-refractivity contribution < 1.29 is 0 Å². The third-order valence-corrected chi connectivity index (χ3v) is 3.80. The highest BCUT2D eigenvalue weighted by atomic mass is 15.2. The number of aromatic nitrogens is 5. The second kappa shape index (κ2) is 6.56. The molecular formula is C17H21N5. The molecule has 0 bridgehead atoms. The van der Waals surface area contributed by atoms with Gasteiger partial charge in [0.1, 0.15) is 0 Å². The fourth-order valence-electron chi connectivity index (χ4n) is 2.64. The van der Waals surface area contributed by atoms with Crippen molar-refractivity contribution in [2.75, 3.05) is 0 Å². The maximum Gasteiger partial charge on any atom is 0.176 e. The van der Waals surface area contributed by atoms with Crippen molar-refractivity contribution in [2.24, 2.45) is 0 Å². The van der Waals surface area contributed by atoms with Gasteiger partial charge in [0, 0.05) is 56.2 Å². The van der Waals surface area contributed by atoms with Crippen LogP contribution in [0.25, 0.3) is 11.6 Å². The molecule has 114 valence electrons. The molecule has 0 aliphatic carbocycles. The van der Waals surface area contributed by atoms with Gasteiger partial charge in [0.25, 0.3) is 0 Å². The summed E-state index contributed by atoms with van der Waals surface area (Å²) in [7, 11) is 0. The summed E-state index contributed by atoms with van der Waals surface area (Å²) >= 11 is 0. The zero-order valence-corrected chi connectivity index (χ0v) is 13.1. The Morgan fingerprint density at radius 1 is 0.909 bits per heavy atom. The van der Waals surface area contributed by atoms with Crippen LogP contribution in [0.3, 0.4) is 0 Å². The minimum atomic E-state index is 0.853. The van der Waals surface area contributed by atoms with Crippen LogP contribution in [0, 0.1) is 6.92 Å². The number of hydrogen-bond donors (Lipinski definition) is 0. The molecule has 0 saturated heterocycles. The molecule has 0 amide bonds. The number of nitrogens with zero attached hydrogens (tertiary/aromatic N) is 5. The predicted molar refractivity (Wildman–Crippen MR) is 86.4 cm³/mol. The maximum absolute atomic E-state index is 4.50. The Morgan fingerprint density at radius 2 is 1.59 bits per heavy atom. The molecule has 0 spiro atoms. The van der Waals surface area contributed by atoms with Crippen molar-refractivity contribution in [3.63, 3.8) is 0 Å². The SMILES string of the molecule is CCCn1ccnc1-c1nccn1CCc1ncccc1C. The minimum absolute atomic E-state index is 0.853. The molecule has 0 aliphatic rings. The van der Waals surface area contributed by atoms with E-state index in [2.05, 4.69) is 44.0 Å². The third kappa shape index (κ3) is 2.93. The third-order valence-electron chi connectivity index (χ3n) is 3.80. The number of hydrogen-bond acceptors (Lipinski definition) is 3. The molecule has 5 heteroatoms. The summed E-state index contributed by atoms with van der Waals surface area (Å²) in [5.41, 5.74) is 2.37. The molecule has 0 fully saturated rings. The lowest BCUT2D eigenvalue weighted by Crippen LogP contribution is -2.08. The van der Waals surface area contributed by atoms with Crippen molar-refractivity contribution in [2.45, 2.75) is 39.8 Å². The van der Waals surface area contributed by atoms with E-state index in [4.69, 9.17) is 0 Å². The van der Waals surface area contributed by atoms with Crippen LogP contribution >= 0.6 is 0 Å². The number of imidazole rings is 2. The molecule has 0 saturated carbocycles. The van der Waals surface area contributed by atoms with Crippen LogP contribution < -0.4 is 0 Å². The monoisotopic (exact) mass is 295 g/mol. The fourth-order valence-corrected chi connectivity index (χ4v) is 2.64. The van der Waals surface area contributed by atoms with Crippen LogP contribution in [0.2, 0.25) is 0 Å². The lowest BCUT2D eigenvalue weighted by molar-refractivity contribution is 0.656. The Hall–Kier alpha value is -2.43. The Kier molecular flexibility index (Phi) is 4.32. The Labute approximate surface area is 130 Å². The van der Waals surface area contributed by atoms with Gasteiger partial charge in [-0.3, -0.25) is 4.98 Å². The van der Waals surface area contributed by atoms with Crippen LogP contribution in [0.5, 0.6) is 0 Å². The second-order valence-electron chi connectivity index (χ2n) is 5.41. The van der Waals surface area contributed by atoms with Gasteiger partial charge in [-0.1, -0.05) is 13.0 Å². The van der Waals surface area contributed by atoms with E-state index in [1.54, 1.807) is 0 Å². The van der Waals surface area contributed by atoms with E-state index >= 15 is 0 Å². The van der Waals surface area contributed by atoms with E-state index in [1.165, 1.54) is 5.56 Å². The minimum Gasteiger partial charge on any atom is -0.328 e. The van der Waals surface area contributed by atoms with Gasteiger partial charge in [-0.15, -0.1) is 0 Å². The molecule has 0 atom stereocenters. The van der Waals surface area contributed by atoms with E-state index in [1.807, 2.05) is 37.1 Å². The van der Waals surface area contributed by atoms with Crippen molar-refractivity contribution in [1.82, 2.24) is 24.1 Å². The molecule has 3 aromatic rings. The summed E-state index contributed by atoms with van der Waals surface area (Å²) in [6.07, 6.45) is 11.5. The first-order chi connectivity index (χ1) is 10.8. The maximum atomic E-state index is 4.50. The average molecular weight is 295 g/mol. The zero-order chi connectivity index (χ0) is 15.4. The summed E-state index contributed by atoms with van der Waals surface area (Å²) < 4.78 is 4.31. The van der Waals surface area contributed by atoms with Gasteiger partial charge in [-0.05, 0) is 25.0 Å². The summed E-state index contributed by atoms with van der Waals surface area (Å²) in [6.45, 7) is 6.08. The van der Waals surface area contributed by atoms with E-state index in [9.17, 15) is 0 Å². The lowest BCUT2D eigenvalue weighted by Gasteiger charge is -2.10. The van der Waals surface area contributed by atoms with Gasteiger partial charge in [0.05, 0.1) is 0 Å². The van der Waals surface area contributed by atoms with Crippen LogP contribution in [-0.4, -0.2) is 24.1 Å². The number of pyridine rings is 1. The van der Waals surface area contributed by atoms with Crippen molar-refractivity contribution in [3.05, 3.63) is 54.4 Å². The summed E-state index contributed by atoms with van der Waals surface area (Å²) in [5, 5.41) is 0. The fraction of sp³-hybridized carbons (Fsp3) is 0.353. The van der Waals surface area contributed by atoms with Crippen molar-refractivity contribution in [1.29, 1.82) is 0 Å². The topological polar surface area (TPSA) is 48.5 Å². The molecule has 0 radical (unpaired) electrons. The quantitative estimate of drug-likeness (QED) is 0.702. The van der Waals surface area contributed by atoms with Gasteiger partial charge >= 0.3 is 0 Å². The highest BCUT2D eigenvalue weighted by molar-refractivity contribution is 5.44.